The molecule has 6 heteroatoms. The molecule has 1 heterocycles. The molecule has 0 aliphatic carbocycles. The van der Waals surface area contributed by atoms with Gasteiger partial charge in [-0.05, 0) is 47.1 Å². The maximum absolute atomic E-state index is 6.28. The Morgan fingerprint density at radius 2 is 2.10 bits per heavy atom. The summed E-state index contributed by atoms with van der Waals surface area (Å²) in [6.45, 7) is 4.27. The average Bonchev–Trinajstić information content (AvgIpc) is 2.83. The van der Waals surface area contributed by atoms with Crippen LogP contribution in [0.3, 0.4) is 0 Å². The van der Waals surface area contributed by atoms with E-state index < -0.39 is 0 Å². The van der Waals surface area contributed by atoms with Crippen LogP contribution in [0.4, 0.5) is 0 Å². The average molecular weight is 409 g/mol. The van der Waals surface area contributed by atoms with Crippen LogP contribution in [-0.2, 0) is 13.2 Å². The van der Waals surface area contributed by atoms with E-state index in [-0.39, 0.29) is 0 Å². The first kappa shape index (κ1) is 17.1. The summed E-state index contributed by atoms with van der Waals surface area (Å²) >= 11 is 17.4. The van der Waals surface area contributed by atoms with E-state index in [1.54, 1.807) is 17.4 Å². The second-order valence-corrected chi connectivity index (χ2v) is 7.33. The summed E-state index contributed by atoms with van der Waals surface area (Å²) in [6, 6.07) is 5.66. The van der Waals surface area contributed by atoms with Gasteiger partial charge in [0.15, 0.2) is 0 Å². The lowest BCUT2D eigenvalue weighted by molar-refractivity contribution is 0.306. The number of hydrogen-bond acceptors (Lipinski definition) is 3. The van der Waals surface area contributed by atoms with E-state index in [0.717, 1.165) is 27.9 Å². The Hall–Kier alpha value is -0.260. The molecule has 1 aromatic heterocycles. The Labute approximate surface area is 147 Å². The molecule has 0 bridgehead atoms. The molecule has 0 atom stereocenters. The molecule has 114 valence electrons. The van der Waals surface area contributed by atoms with Crippen LogP contribution in [-0.4, -0.2) is 6.54 Å². The van der Waals surface area contributed by atoms with Crippen LogP contribution in [0.5, 0.6) is 5.75 Å². The smallest absolute Gasteiger partial charge is 0.143 e. The molecule has 1 N–H and O–H groups in total. The minimum Gasteiger partial charge on any atom is -0.486 e. The van der Waals surface area contributed by atoms with Crippen molar-refractivity contribution in [2.45, 2.75) is 26.5 Å². The number of ether oxygens (including phenoxy) is 1. The van der Waals surface area contributed by atoms with E-state index in [4.69, 9.17) is 27.9 Å². The van der Waals surface area contributed by atoms with Gasteiger partial charge in [0, 0.05) is 31.9 Å². The van der Waals surface area contributed by atoms with E-state index in [1.807, 2.05) is 17.5 Å². The van der Waals surface area contributed by atoms with Gasteiger partial charge >= 0.3 is 0 Å². The highest BCUT2D eigenvalue weighted by atomic mass is 79.9. The van der Waals surface area contributed by atoms with E-state index >= 15 is 0 Å². The second-order valence-electron chi connectivity index (χ2n) is 4.57. The fraction of sp³-hybridized carbons (Fsp3) is 0.333. The van der Waals surface area contributed by atoms with Crippen molar-refractivity contribution in [2.75, 3.05) is 6.54 Å². The standard InChI is InChI=1S/C15H16BrCl2NOS/c1-2-3-19-7-10-4-12(17)6-14(18)15(10)20-8-13-5-11(16)9-21-13/h4-6,9,19H,2-3,7-8H2,1H3. The van der Waals surface area contributed by atoms with Crippen molar-refractivity contribution in [2.24, 2.45) is 0 Å². The molecule has 0 spiro atoms. The van der Waals surface area contributed by atoms with E-state index in [0.29, 0.717) is 28.9 Å². The first-order valence-electron chi connectivity index (χ1n) is 6.64. The lowest BCUT2D eigenvalue weighted by Gasteiger charge is -2.14. The number of halogens is 3. The van der Waals surface area contributed by atoms with Gasteiger partial charge in [0.2, 0.25) is 0 Å². The lowest BCUT2D eigenvalue weighted by atomic mass is 10.2. The van der Waals surface area contributed by atoms with E-state index in [1.165, 1.54) is 0 Å². The number of benzene rings is 1. The maximum atomic E-state index is 6.28. The third-order valence-corrected chi connectivity index (χ3v) is 4.98. The second kappa shape index (κ2) is 8.39. The predicted octanol–water partition coefficient (Wildman–Crippen LogP) is 5.90. The molecule has 0 radical (unpaired) electrons. The van der Waals surface area contributed by atoms with Crippen LogP contribution in [0.2, 0.25) is 10.0 Å². The molecule has 0 aliphatic rings. The van der Waals surface area contributed by atoms with Gasteiger partial charge in [-0.2, -0.15) is 0 Å². The zero-order valence-electron chi connectivity index (χ0n) is 11.6. The van der Waals surface area contributed by atoms with Crippen molar-refractivity contribution >= 4 is 50.5 Å². The molecular formula is C15H16BrCl2NOS. The van der Waals surface area contributed by atoms with Gasteiger partial charge < -0.3 is 10.1 Å². The first-order valence-corrected chi connectivity index (χ1v) is 9.07. The highest BCUT2D eigenvalue weighted by Gasteiger charge is 2.11. The Balaban J connectivity index is 2.12. The Kier molecular flexibility index (Phi) is 6.83. The summed E-state index contributed by atoms with van der Waals surface area (Å²) in [5.41, 5.74) is 0.983. The van der Waals surface area contributed by atoms with Gasteiger partial charge in [0.1, 0.15) is 12.4 Å². The molecular weight excluding hydrogens is 393 g/mol. The maximum Gasteiger partial charge on any atom is 0.143 e. The van der Waals surface area contributed by atoms with Crippen molar-refractivity contribution in [3.8, 4) is 5.75 Å². The lowest BCUT2D eigenvalue weighted by Crippen LogP contribution is -2.14. The number of nitrogens with one attached hydrogen (secondary N) is 1. The van der Waals surface area contributed by atoms with Gasteiger partial charge in [-0.15, -0.1) is 11.3 Å². The molecule has 0 fully saturated rings. The van der Waals surface area contributed by atoms with Crippen molar-refractivity contribution in [1.29, 1.82) is 0 Å². The molecule has 1 aromatic carbocycles. The molecule has 0 unspecified atom stereocenters. The van der Waals surface area contributed by atoms with Crippen molar-refractivity contribution in [3.05, 3.63) is 48.5 Å². The summed E-state index contributed by atoms with van der Waals surface area (Å²) in [5.74, 6) is 0.703. The molecule has 2 nitrogen and oxygen atoms in total. The zero-order chi connectivity index (χ0) is 15.2. The van der Waals surface area contributed by atoms with Crippen LogP contribution >= 0.6 is 50.5 Å². The van der Waals surface area contributed by atoms with Crippen LogP contribution in [0.15, 0.2) is 28.1 Å². The fourth-order valence-electron chi connectivity index (χ4n) is 1.88. The number of hydrogen-bond donors (Lipinski definition) is 1. The summed E-state index contributed by atoms with van der Waals surface area (Å²) < 4.78 is 6.98. The summed E-state index contributed by atoms with van der Waals surface area (Å²) in [6.07, 6.45) is 1.08. The topological polar surface area (TPSA) is 21.3 Å². The predicted molar refractivity (Wildman–Crippen MR) is 94.8 cm³/mol. The number of rotatable bonds is 7. The van der Waals surface area contributed by atoms with Crippen molar-refractivity contribution < 1.29 is 4.74 Å². The highest BCUT2D eigenvalue weighted by Crippen LogP contribution is 2.33. The quantitative estimate of drug-likeness (QED) is 0.576. The molecule has 2 aromatic rings. The molecule has 0 aliphatic heterocycles. The molecule has 2 rings (SSSR count). The van der Waals surface area contributed by atoms with Crippen LogP contribution < -0.4 is 10.1 Å². The van der Waals surface area contributed by atoms with E-state index in [2.05, 4.69) is 28.2 Å². The number of thiophene rings is 1. The zero-order valence-corrected chi connectivity index (χ0v) is 15.5. The minimum absolute atomic E-state index is 0.498. The third kappa shape index (κ3) is 5.15. The first-order chi connectivity index (χ1) is 10.1. The fourth-order valence-corrected chi connectivity index (χ4v) is 3.83. The monoisotopic (exact) mass is 407 g/mol. The van der Waals surface area contributed by atoms with Crippen molar-refractivity contribution in [1.82, 2.24) is 5.32 Å². The Bertz CT molecular complexity index is 603. The summed E-state index contributed by atoms with van der Waals surface area (Å²) in [7, 11) is 0. The highest BCUT2D eigenvalue weighted by molar-refractivity contribution is 9.10. The Morgan fingerprint density at radius 3 is 2.76 bits per heavy atom. The van der Waals surface area contributed by atoms with Gasteiger partial charge in [-0.25, -0.2) is 0 Å². The van der Waals surface area contributed by atoms with Gasteiger partial charge in [-0.1, -0.05) is 30.1 Å². The summed E-state index contributed by atoms with van der Waals surface area (Å²) in [5, 5.41) is 6.55. The molecule has 21 heavy (non-hydrogen) atoms. The molecule has 0 saturated carbocycles. The van der Waals surface area contributed by atoms with Crippen LogP contribution in [0.25, 0.3) is 0 Å². The molecule has 0 amide bonds. The molecule has 0 saturated heterocycles. The van der Waals surface area contributed by atoms with Gasteiger partial charge in [0.25, 0.3) is 0 Å². The largest absolute Gasteiger partial charge is 0.486 e. The van der Waals surface area contributed by atoms with Crippen LogP contribution in [0.1, 0.15) is 23.8 Å². The third-order valence-electron chi connectivity index (χ3n) is 2.81. The Morgan fingerprint density at radius 1 is 1.29 bits per heavy atom. The van der Waals surface area contributed by atoms with Crippen LogP contribution in [0, 0.1) is 0 Å². The van der Waals surface area contributed by atoms with Crippen molar-refractivity contribution in [3.63, 3.8) is 0 Å². The van der Waals surface area contributed by atoms with Gasteiger partial charge in [0.05, 0.1) is 5.02 Å². The SMILES string of the molecule is CCCNCc1cc(Cl)cc(Cl)c1OCc1cc(Br)cs1. The van der Waals surface area contributed by atoms with Gasteiger partial charge in [-0.3, -0.25) is 0 Å². The normalized spacial score (nSPS) is 10.9. The van der Waals surface area contributed by atoms with E-state index in [9.17, 15) is 0 Å². The summed E-state index contributed by atoms with van der Waals surface area (Å²) in [4.78, 5) is 1.14. The minimum atomic E-state index is 0.498.